The topological polar surface area (TPSA) is 47.6 Å². The Kier molecular flexibility index (Phi) is 7.88. The molecular formula is C29H39NO3. The average Bonchev–Trinajstić information content (AvgIpc) is 2.78. The molecule has 1 aliphatic carbocycles. The van der Waals surface area contributed by atoms with E-state index in [1.165, 1.54) is 22.3 Å². The van der Waals surface area contributed by atoms with Crippen molar-refractivity contribution in [2.45, 2.75) is 73.1 Å². The first-order valence-electron chi connectivity index (χ1n) is 12.3. The maximum atomic E-state index is 12.0. The third-order valence-electron chi connectivity index (χ3n) is 6.35. The number of hydrogen-bond acceptors (Lipinski definition) is 4. The first-order chi connectivity index (χ1) is 15.7. The van der Waals surface area contributed by atoms with Gasteiger partial charge in [-0.05, 0) is 90.1 Å². The van der Waals surface area contributed by atoms with Gasteiger partial charge in [-0.1, -0.05) is 47.6 Å². The van der Waals surface area contributed by atoms with E-state index >= 15 is 0 Å². The molecule has 0 radical (unpaired) electrons. The number of rotatable bonds is 9. The summed E-state index contributed by atoms with van der Waals surface area (Å²) in [6.45, 7) is 16.4. The third-order valence-corrected chi connectivity index (χ3v) is 6.35. The van der Waals surface area contributed by atoms with E-state index < -0.39 is 0 Å². The summed E-state index contributed by atoms with van der Waals surface area (Å²) in [5.74, 6) is 1.05. The molecule has 4 heteroatoms. The van der Waals surface area contributed by atoms with E-state index in [1.807, 2.05) is 19.1 Å². The lowest BCUT2D eigenvalue weighted by Gasteiger charge is -2.36. The Morgan fingerprint density at radius 3 is 2.39 bits per heavy atom. The smallest absolute Gasteiger partial charge is 0.338 e. The number of hydrogen-bond donors (Lipinski definition) is 1. The summed E-state index contributed by atoms with van der Waals surface area (Å²) in [5.41, 5.74) is 8.02. The Morgan fingerprint density at radius 2 is 1.82 bits per heavy atom. The Balaban J connectivity index is 2.13. The fraction of sp³-hybridized carbons (Fsp3) is 0.483. The fourth-order valence-corrected chi connectivity index (χ4v) is 4.54. The van der Waals surface area contributed by atoms with Crippen molar-refractivity contribution in [1.82, 2.24) is 0 Å². The maximum absolute atomic E-state index is 12.0. The van der Waals surface area contributed by atoms with Crippen LogP contribution in [0.2, 0.25) is 0 Å². The summed E-state index contributed by atoms with van der Waals surface area (Å²) in [6.07, 6.45) is 5.31. The van der Waals surface area contributed by atoms with Crippen molar-refractivity contribution >= 4 is 22.9 Å². The van der Waals surface area contributed by atoms with Crippen molar-refractivity contribution in [3.8, 4) is 5.75 Å². The van der Waals surface area contributed by atoms with Gasteiger partial charge in [-0.25, -0.2) is 4.79 Å². The molecule has 0 saturated carbocycles. The lowest BCUT2D eigenvalue weighted by Crippen LogP contribution is -2.24. The fourth-order valence-electron chi connectivity index (χ4n) is 4.54. The van der Waals surface area contributed by atoms with Gasteiger partial charge >= 0.3 is 5.97 Å². The number of carbonyl (C=O) groups is 1. The van der Waals surface area contributed by atoms with Gasteiger partial charge in [0.25, 0.3) is 0 Å². The highest BCUT2D eigenvalue weighted by Crippen LogP contribution is 2.48. The predicted molar refractivity (Wildman–Crippen MR) is 138 cm³/mol. The highest BCUT2D eigenvalue weighted by atomic mass is 16.5. The summed E-state index contributed by atoms with van der Waals surface area (Å²) in [4.78, 5) is 12.0. The molecule has 1 N–H and O–H groups in total. The van der Waals surface area contributed by atoms with Crippen LogP contribution in [0.3, 0.4) is 0 Å². The molecule has 0 bridgehead atoms. The normalized spacial score (nSPS) is 14.5. The number of fused-ring (bicyclic) bond motifs is 1. The summed E-state index contributed by atoms with van der Waals surface area (Å²) in [7, 11) is 0. The van der Waals surface area contributed by atoms with E-state index in [0.29, 0.717) is 24.7 Å². The number of carbonyl (C=O) groups excluding carboxylic acids is 1. The lowest BCUT2D eigenvalue weighted by atomic mass is 9.69. The zero-order valence-corrected chi connectivity index (χ0v) is 21.3. The van der Waals surface area contributed by atoms with Crippen molar-refractivity contribution in [2.24, 2.45) is 5.92 Å². The minimum absolute atomic E-state index is 0.0573. The van der Waals surface area contributed by atoms with E-state index in [-0.39, 0.29) is 11.4 Å². The standard InChI is InChI=1S/C29H39NO3/c1-8-17-33-25-18-24-26(23(19(4)5)15-16-29(24,6)7)22(9-2)27(25)30-21-13-11-20(12-14-21)28(31)32-10-3/h11-15,18-19,30H,8-10,16-17H2,1-7H3. The zero-order valence-electron chi connectivity index (χ0n) is 21.3. The van der Waals surface area contributed by atoms with Crippen LogP contribution >= 0.6 is 0 Å². The molecule has 0 spiro atoms. The number of benzene rings is 2. The van der Waals surface area contributed by atoms with Gasteiger partial charge in [-0.15, -0.1) is 0 Å². The van der Waals surface area contributed by atoms with Crippen molar-refractivity contribution in [3.63, 3.8) is 0 Å². The van der Waals surface area contributed by atoms with Crippen LogP contribution in [0.1, 0.15) is 88.4 Å². The van der Waals surface area contributed by atoms with Gasteiger partial charge in [-0.3, -0.25) is 0 Å². The van der Waals surface area contributed by atoms with Crippen LogP contribution in [-0.2, 0) is 16.6 Å². The Hall–Kier alpha value is -2.75. The maximum Gasteiger partial charge on any atom is 0.338 e. The van der Waals surface area contributed by atoms with Crippen molar-refractivity contribution in [2.75, 3.05) is 18.5 Å². The molecule has 0 amide bonds. The highest BCUT2D eigenvalue weighted by molar-refractivity contribution is 5.90. The minimum Gasteiger partial charge on any atom is -0.491 e. The number of anilines is 2. The molecule has 0 atom stereocenters. The average molecular weight is 450 g/mol. The lowest BCUT2D eigenvalue weighted by molar-refractivity contribution is 0.0526. The second-order valence-corrected chi connectivity index (χ2v) is 9.68. The highest BCUT2D eigenvalue weighted by Gasteiger charge is 2.33. The second-order valence-electron chi connectivity index (χ2n) is 9.68. The molecular weight excluding hydrogens is 410 g/mol. The minimum atomic E-state index is -0.298. The third kappa shape index (κ3) is 5.26. The van der Waals surface area contributed by atoms with Gasteiger partial charge in [0, 0.05) is 5.69 Å². The summed E-state index contributed by atoms with van der Waals surface area (Å²) < 4.78 is 11.4. The predicted octanol–water partition coefficient (Wildman–Crippen LogP) is 7.68. The van der Waals surface area contributed by atoms with E-state index in [0.717, 1.165) is 36.4 Å². The molecule has 0 aromatic heterocycles. The molecule has 4 nitrogen and oxygen atoms in total. The molecule has 0 saturated heterocycles. The summed E-state index contributed by atoms with van der Waals surface area (Å²) in [5, 5.41) is 3.63. The first kappa shape index (κ1) is 24.9. The molecule has 0 heterocycles. The number of ether oxygens (including phenoxy) is 2. The van der Waals surface area contributed by atoms with Gasteiger partial charge in [0.15, 0.2) is 0 Å². The molecule has 0 aliphatic heterocycles. The summed E-state index contributed by atoms with van der Waals surface area (Å²) in [6, 6.07) is 9.73. The van der Waals surface area contributed by atoms with Crippen LogP contribution in [0.4, 0.5) is 11.4 Å². The van der Waals surface area contributed by atoms with Gasteiger partial charge < -0.3 is 14.8 Å². The van der Waals surface area contributed by atoms with E-state index in [9.17, 15) is 4.79 Å². The van der Waals surface area contributed by atoms with Gasteiger partial charge in [0.2, 0.25) is 0 Å². The van der Waals surface area contributed by atoms with Crippen molar-refractivity contribution in [3.05, 3.63) is 58.7 Å². The van der Waals surface area contributed by atoms with E-state index in [1.54, 1.807) is 12.1 Å². The molecule has 33 heavy (non-hydrogen) atoms. The van der Waals surface area contributed by atoms with E-state index in [2.05, 4.69) is 59.0 Å². The van der Waals surface area contributed by atoms with Gasteiger partial charge in [-0.2, -0.15) is 0 Å². The van der Waals surface area contributed by atoms with Crippen LogP contribution < -0.4 is 10.1 Å². The van der Waals surface area contributed by atoms with Crippen molar-refractivity contribution < 1.29 is 14.3 Å². The number of allylic oxidation sites excluding steroid dienone is 2. The first-order valence-corrected chi connectivity index (χ1v) is 12.3. The molecule has 2 aromatic rings. The number of esters is 1. The summed E-state index contributed by atoms with van der Waals surface area (Å²) >= 11 is 0. The zero-order chi connectivity index (χ0) is 24.2. The monoisotopic (exact) mass is 449 g/mol. The molecule has 178 valence electrons. The number of nitrogens with one attached hydrogen (secondary N) is 1. The van der Waals surface area contributed by atoms with E-state index in [4.69, 9.17) is 9.47 Å². The molecule has 0 unspecified atom stereocenters. The quantitative estimate of drug-likeness (QED) is 0.399. The largest absolute Gasteiger partial charge is 0.491 e. The second kappa shape index (κ2) is 10.5. The van der Waals surface area contributed by atoms with Gasteiger partial charge in [0.1, 0.15) is 5.75 Å². The van der Waals surface area contributed by atoms with Crippen LogP contribution in [0.15, 0.2) is 36.4 Å². The van der Waals surface area contributed by atoms with Crippen LogP contribution in [0, 0.1) is 5.92 Å². The Labute approximate surface area is 199 Å². The van der Waals surface area contributed by atoms with Crippen LogP contribution in [0.5, 0.6) is 5.75 Å². The molecule has 0 fully saturated rings. The van der Waals surface area contributed by atoms with Crippen molar-refractivity contribution in [1.29, 1.82) is 0 Å². The van der Waals surface area contributed by atoms with Crippen LogP contribution in [-0.4, -0.2) is 19.2 Å². The van der Waals surface area contributed by atoms with Crippen LogP contribution in [0.25, 0.3) is 5.57 Å². The Morgan fingerprint density at radius 1 is 1.12 bits per heavy atom. The van der Waals surface area contributed by atoms with Gasteiger partial charge in [0.05, 0.1) is 24.5 Å². The molecule has 1 aliphatic rings. The molecule has 3 rings (SSSR count). The Bertz CT molecular complexity index is 1020. The SMILES string of the molecule is CCCOc1cc2c(c(CC)c1Nc1ccc(C(=O)OCC)cc1)C(C(C)C)=CCC2(C)C. The molecule has 2 aromatic carbocycles.